The van der Waals surface area contributed by atoms with Crippen LogP contribution in [0.1, 0.15) is 42.3 Å². The molecule has 2 rings (SSSR count). The van der Waals surface area contributed by atoms with Crippen LogP contribution in [-0.4, -0.2) is 56.7 Å². The largest absolute Gasteiger partial charge is 0.354 e. The number of nitrogens with zero attached hydrogens (tertiary/aromatic N) is 3. The summed E-state index contributed by atoms with van der Waals surface area (Å²) >= 11 is 1.80. The van der Waals surface area contributed by atoms with Gasteiger partial charge in [0.1, 0.15) is 5.01 Å². The minimum Gasteiger partial charge on any atom is -0.354 e. The molecule has 0 aliphatic heterocycles. The van der Waals surface area contributed by atoms with Crippen molar-refractivity contribution in [2.24, 2.45) is 4.99 Å². The summed E-state index contributed by atoms with van der Waals surface area (Å²) in [5.41, 5.74) is 0.658. The third-order valence-electron chi connectivity index (χ3n) is 3.99. The zero-order valence-corrected chi connectivity index (χ0v) is 20.1. The summed E-state index contributed by atoms with van der Waals surface area (Å²) in [4.78, 5) is 12.5. The second-order valence-corrected chi connectivity index (χ2v) is 10.1. The molecule has 0 unspecified atom stereocenters. The van der Waals surface area contributed by atoms with Gasteiger partial charge in [-0.25, -0.2) is 18.1 Å². The molecule has 1 aliphatic rings. The Kier molecular flexibility index (Phi) is 8.75. The summed E-state index contributed by atoms with van der Waals surface area (Å²) in [6.07, 6.45) is 5.90. The van der Waals surface area contributed by atoms with E-state index in [0.717, 1.165) is 23.8 Å². The van der Waals surface area contributed by atoms with E-state index < -0.39 is 15.6 Å². The van der Waals surface area contributed by atoms with E-state index in [2.05, 4.69) is 15.0 Å². The summed E-state index contributed by atoms with van der Waals surface area (Å²) in [7, 11) is 0.431. The second-order valence-electron chi connectivity index (χ2n) is 7.20. The molecule has 26 heavy (non-hydrogen) atoms. The number of fused-ring (bicyclic) bond motifs is 1. The Morgan fingerprint density at radius 1 is 1.35 bits per heavy atom. The van der Waals surface area contributed by atoms with Crippen LogP contribution in [-0.2, 0) is 29.4 Å². The van der Waals surface area contributed by atoms with Crippen LogP contribution in [0.2, 0.25) is 0 Å². The summed E-state index contributed by atoms with van der Waals surface area (Å²) < 4.78 is 25.5. The van der Waals surface area contributed by atoms with Gasteiger partial charge < -0.3 is 10.2 Å². The van der Waals surface area contributed by atoms with Crippen LogP contribution in [0.3, 0.4) is 0 Å². The molecule has 0 saturated carbocycles. The van der Waals surface area contributed by atoms with Gasteiger partial charge in [0.25, 0.3) is 0 Å². The van der Waals surface area contributed by atoms with Gasteiger partial charge in [0.2, 0.25) is 10.0 Å². The topological polar surface area (TPSA) is 86.7 Å². The van der Waals surface area contributed by atoms with Gasteiger partial charge in [-0.1, -0.05) is 0 Å². The van der Waals surface area contributed by atoms with Crippen LogP contribution < -0.4 is 10.0 Å². The number of halogens is 1. The molecule has 1 aromatic heterocycles. The van der Waals surface area contributed by atoms with Gasteiger partial charge in [0, 0.05) is 31.1 Å². The first-order valence-electron chi connectivity index (χ1n) is 8.48. The van der Waals surface area contributed by atoms with E-state index in [-0.39, 0.29) is 24.0 Å². The Bertz CT molecular complexity index is 707. The molecule has 2 N–H and O–H groups in total. The fraction of sp³-hybridized carbons (Fsp3) is 0.750. The van der Waals surface area contributed by atoms with E-state index in [1.807, 2.05) is 25.8 Å². The lowest BCUT2D eigenvalue weighted by Gasteiger charge is -2.28. The first-order valence-corrected chi connectivity index (χ1v) is 11.2. The first kappa shape index (κ1) is 23.6. The number of aromatic nitrogens is 1. The zero-order valence-electron chi connectivity index (χ0n) is 16.1. The monoisotopic (exact) mass is 515 g/mol. The highest BCUT2D eigenvalue weighted by atomic mass is 127. The number of hydrogen-bond donors (Lipinski definition) is 2. The van der Waals surface area contributed by atoms with E-state index >= 15 is 0 Å². The van der Waals surface area contributed by atoms with Gasteiger partial charge in [-0.15, -0.1) is 35.3 Å². The van der Waals surface area contributed by atoms with Crippen molar-refractivity contribution < 1.29 is 8.42 Å². The highest BCUT2D eigenvalue weighted by Gasteiger charge is 2.23. The molecular weight excluding hydrogens is 485 g/mol. The minimum atomic E-state index is -3.26. The van der Waals surface area contributed by atoms with Gasteiger partial charge in [0.05, 0.1) is 18.5 Å². The van der Waals surface area contributed by atoms with Crippen LogP contribution in [0.25, 0.3) is 0 Å². The van der Waals surface area contributed by atoms with Crippen LogP contribution in [0.5, 0.6) is 0 Å². The molecule has 7 nitrogen and oxygen atoms in total. The van der Waals surface area contributed by atoms with Crippen molar-refractivity contribution in [2.45, 2.75) is 51.6 Å². The number of sulfonamides is 1. The minimum absolute atomic E-state index is 0. The van der Waals surface area contributed by atoms with Crippen LogP contribution in [0.4, 0.5) is 0 Å². The fourth-order valence-corrected chi connectivity index (χ4v) is 5.26. The van der Waals surface area contributed by atoms with Crippen molar-refractivity contribution in [3.8, 4) is 0 Å². The predicted octanol–water partition coefficient (Wildman–Crippen LogP) is 1.97. The molecule has 150 valence electrons. The van der Waals surface area contributed by atoms with Gasteiger partial charge in [-0.3, -0.25) is 4.99 Å². The van der Waals surface area contributed by atoms with Gasteiger partial charge in [-0.2, -0.15) is 0 Å². The van der Waals surface area contributed by atoms with Gasteiger partial charge in [0.15, 0.2) is 5.96 Å². The molecule has 10 heteroatoms. The highest BCUT2D eigenvalue weighted by Crippen LogP contribution is 2.27. The second kappa shape index (κ2) is 9.65. The van der Waals surface area contributed by atoms with Crippen molar-refractivity contribution in [1.29, 1.82) is 0 Å². The lowest BCUT2D eigenvalue weighted by Crippen LogP contribution is -2.53. The summed E-state index contributed by atoms with van der Waals surface area (Å²) in [6, 6.07) is 0. The van der Waals surface area contributed by atoms with E-state index in [0.29, 0.717) is 13.1 Å². The molecule has 0 radical (unpaired) electrons. The maximum atomic E-state index is 11.4. The molecule has 1 aromatic rings. The van der Waals surface area contributed by atoms with Crippen LogP contribution >= 0.6 is 35.3 Å². The van der Waals surface area contributed by atoms with Crippen LogP contribution in [0, 0.1) is 0 Å². The Labute approximate surface area is 178 Å². The maximum Gasteiger partial charge on any atom is 0.209 e. The standard InChI is InChI=1S/C16H29N5O2S2.HI/c1-16(2,20-25(5,22)23)11-18-15(17-3)21(4)10-14-19-12-8-6-7-9-13(12)24-14;/h20H,6-11H2,1-5H3,(H,17,18);1H. The molecule has 0 aromatic carbocycles. The number of guanidine groups is 1. The molecule has 0 bridgehead atoms. The Morgan fingerprint density at radius 2 is 2.00 bits per heavy atom. The molecule has 1 aliphatic carbocycles. The van der Waals surface area contributed by atoms with Gasteiger partial charge >= 0.3 is 0 Å². The van der Waals surface area contributed by atoms with E-state index in [4.69, 9.17) is 4.98 Å². The quantitative estimate of drug-likeness (QED) is 0.344. The maximum absolute atomic E-state index is 11.4. The Hall–Kier alpha value is -0.460. The first-order chi connectivity index (χ1) is 11.6. The van der Waals surface area contributed by atoms with E-state index in [1.165, 1.54) is 29.7 Å². The number of rotatable bonds is 6. The summed E-state index contributed by atoms with van der Waals surface area (Å²) in [5.74, 6) is 0.719. The van der Waals surface area contributed by atoms with E-state index in [1.54, 1.807) is 18.4 Å². The fourth-order valence-electron chi connectivity index (χ4n) is 2.97. The normalized spacial score (nSPS) is 15.2. The molecule has 0 saturated heterocycles. The van der Waals surface area contributed by atoms with Crippen LogP contribution in [0.15, 0.2) is 4.99 Å². The smallest absolute Gasteiger partial charge is 0.209 e. The number of aryl methyl sites for hydroxylation is 2. The number of aliphatic imine (C=N–C) groups is 1. The van der Waals surface area contributed by atoms with Crippen molar-refractivity contribution in [3.63, 3.8) is 0 Å². The third-order valence-corrected chi connectivity index (χ3v) is 6.05. The Balaban J connectivity index is 0.00000338. The number of nitrogens with one attached hydrogen (secondary N) is 2. The summed E-state index contributed by atoms with van der Waals surface area (Å²) in [5, 5.41) is 4.34. The number of hydrogen-bond acceptors (Lipinski definition) is 5. The molecule has 0 amide bonds. The molecule has 0 fully saturated rings. The molecule has 0 spiro atoms. The third kappa shape index (κ3) is 7.28. The van der Waals surface area contributed by atoms with Crippen molar-refractivity contribution in [1.82, 2.24) is 19.9 Å². The average molecular weight is 515 g/mol. The van der Waals surface area contributed by atoms with Crippen molar-refractivity contribution >= 4 is 51.3 Å². The Morgan fingerprint density at radius 3 is 2.58 bits per heavy atom. The summed E-state index contributed by atoms with van der Waals surface area (Å²) in [6.45, 7) is 4.80. The lowest BCUT2D eigenvalue weighted by atomic mass is 10.0. The molecule has 0 atom stereocenters. The van der Waals surface area contributed by atoms with Gasteiger partial charge in [-0.05, 0) is 39.5 Å². The average Bonchev–Trinajstić information content (AvgIpc) is 2.87. The van der Waals surface area contributed by atoms with Crippen molar-refractivity contribution in [3.05, 3.63) is 15.6 Å². The molecule has 1 heterocycles. The highest BCUT2D eigenvalue weighted by molar-refractivity contribution is 14.0. The SMILES string of the molecule is CN=C(NCC(C)(C)NS(C)(=O)=O)N(C)Cc1nc2c(s1)CCCC2.I. The van der Waals surface area contributed by atoms with Crippen molar-refractivity contribution in [2.75, 3.05) is 26.9 Å². The zero-order chi connectivity index (χ0) is 18.7. The lowest BCUT2D eigenvalue weighted by molar-refractivity contribution is 0.422. The number of thiazole rings is 1. The molecular formula is C16H30IN5O2S2. The predicted molar refractivity (Wildman–Crippen MR) is 119 cm³/mol. The van der Waals surface area contributed by atoms with E-state index in [9.17, 15) is 8.42 Å².